The Labute approximate surface area is 166 Å². The molecule has 1 aliphatic heterocycles. The largest absolute Gasteiger partial charge is 0.322 e. The summed E-state index contributed by atoms with van der Waals surface area (Å²) in [5.74, 6) is -2.53. The van der Waals surface area contributed by atoms with Crippen LogP contribution < -0.4 is 5.32 Å². The number of carbonyl (C=O) groups excluding carboxylic acids is 2. The zero-order chi connectivity index (χ0) is 20.4. The minimum atomic E-state index is -0.914. The zero-order valence-electron chi connectivity index (χ0n) is 15.6. The van der Waals surface area contributed by atoms with Gasteiger partial charge in [0, 0.05) is 23.7 Å². The number of halogens is 2. The summed E-state index contributed by atoms with van der Waals surface area (Å²) in [5, 5.41) is 10.6. The molecule has 5 nitrogen and oxygen atoms in total. The first-order valence-electron chi connectivity index (χ1n) is 9.54. The molecule has 2 aromatic carbocycles. The van der Waals surface area contributed by atoms with E-state index in [9.17, 15) is 18.4 Å². The number of benzene rings is 2. The Bertz CT molecular complexity index is 1050. The van der Waals surface area contributed by atoms with E-state index in [1.807, 2.05) is 6.07 Å². The van der Waals surface area contributed by atoms with Gasteiger partial charge in [0.2, 0.25) is 0 Å². The highest BCUT2D eigenvalue weighted by Gasteiger charge is 2.28. The first-order valence-corrected chi connectivity index (χ1v) is 9.54. The van der Waals surface area contributed by atoms with Gasteiger partial charge in [-0.05, 0) is 61.1 Å². The maximum absolute atomic E-state index is 13.8. The second-order valence-electron chi connectivity index (χ2n) is 7.23. The number of anilines is 1. The number of hydrogen-bond donors (Lipinski definition) is 1. The zero-order valence-corrected chi connectivity index (χ0v) is 15.6. The lowest BCUT2D eigenvalue weighted by Crippen LogP contribution is -2.23. The molecule has 4 rings (SSSR count). The highest BCUT2D eigenvalue weighted by atomic mass is 19.1. The van der Waals surface area contributed by atoms with Crippen LogP contribution in [-0.2, 0) is 11.2 Å². The van der Waals surface area contributed by atoms with Crippen LogP contribution in [0.2, 0.25) is 0 Å². The van der Waals surface area contributed by atoms with E-state index in [1.54, 1.807) is 18.2 Å². The Balaban J connectivity index is 1.50. The maximum Gasteiger partial charge on any atom is 0.291 e. The molecule has 2 amide bonds. The van der Waals surface area contributed by atoms with Crippen molar-refractivity contribution < 1.29 is 18.4 Å². The fourth-order valence-corrected chi connectivity index (χ4v) is 3.83. The lowest BCUT2D eigenvalue weighted by molar-refractivity contribution is -0.115. The molecule has 1 atom stereocenters. The average Bonchev–Trinajstić information content (AvgIpc) is 2.70. The molecule has 7 heteroatoms. The molecular weight excluding hydrogens is 376 g/mol. The molecule has 2 aliphatic rings. The van der Waals surface area contributed by atoms with Gasteiger partial charge in [-0.2, -0.15) is 5.11 Å². The van der Waals surface area contributed by atoms with E-state index < -0.39 is 17.5 Å². The predicted octanol–water partition coefficient (Wildman–Crippen LogP) is 4.99. The summed E-state index contributed by atoms with van der Waals surface area (Å²) in [7, 11) is 0. The summed E-state index contributed by atoms with van der Waals surface area (Å²) in [5.41, 5.74) is 3.05. The SMILES string of the molecule is O=C1N=NC(Cc2cccc(NC(=O)c3ccc(F)cc3F)c2)C2=C1CCCC2. The van der Waals surface area contributed by atoms with Gasteiger partial charge in [0.05, 0.1) is 11.6 Å². The molecule has 0 spiro atoms. The van der Waals surface area contributed by atoms with Crippen molar-refractivity contribution in [3.8, 4) is 0 Å². The second kappa shape index (κ2) is 8.03. The number of hydrogen-bond acceptors (Lipinski definition) is 3. The maximum atomic E-state index is 13.8. The van der Waals surface area contributed by atoms with E-state index in [-0.39, 0.29) is 17.5 Å². The third kappa shape index (κ3) is 4.13. The normalized spacial score (nSPS) is 18.6. The number of nitrogens with zero attached hydrogens (tertiary/aromatic N) is 2. The first kappa shape index (κ1) is 19.1. The summed E-state index contributed by atoms with van der Waals surface area (Å²) in [6, 6.07) is 9.82. The van der Waals surface area contributed by atoms with E-state index in [2.05, 4.69) is 15.5 Å². The molecule has 0 saturated heterocycles. The number of nitrogens with one attached hydrogen (secondary N) is 1. The van der Waals surface area contributed by atoms with Gasteiger partial charge in [-0.1, -0.05) is 12.1 Å². The van der Waals surface area contributed by atoms with Gasteiger partial charge in [0.15, 0.2) is 0 Å². The highest BCUT2D eigenvalue weighted by Crippen LogP contribution is 2.33. The Morgan fingerprint density at radius 1 is 1.10 bits per heavy atom. The molecule has 2 aromatic rings. The molecule has 0 bridgehead atoms. The summed E-state index contributed by atoms with van der Waals surface area (Å²) in [6.07, 6.45) is 4.20. The first-order chi connectivity index (χ1) is 14.0. The van der Waals surface area contributed by atoms with Crippen molar-refractivity contribution in [3.05, 3.63) is 76.4 Å². The van der Waals surface area contributed by atoms with E-state index in [0.29, 0.717) is 18.2 Å². The predicted molar refractivity (Wildman–Crippen MR) is 104 cm³/mol. The van der Waals surface area contributed by atoms with Gasteiger partial charge in [-0.25, -0.2) is 8.78 Å². The minimum absolute atomic E-state index is 0.177. The van der Waals surface area contributed by atoms with Crippen molar-refractivity contribution in [1.82, 2.24) is 0 Å². The van der Waals surface area contributed by atoms with Crippen molar-refractivity contribution in [1.29, 1.82) is 0 Å². The summed E-state index contributed by atoms with van der Waals surface area (Å²) in [6.45, 7) is 0. The Morgan fingerprint density at radius 3 is 2.76 bits per heavy atom. The summed E-state index contributed by atoms with van der Waals surface area (Å²) < 4.78 is 26.9. The van der Waals surface area contributed by atoms with Gasteiger partial charge >= 0.3 is 0 Å². The van der Waals surface area contributed by atoms with Crippen LogP contribution in [0.1, 0.15) is 41.6 Å². The van der Waals surface area contributed by atoms with Crippen molar-refractivity contribution >= 4 is 17.5 Å². The van der Waals surface area contributed by atoms with Crippen LogP contribution in [0, 0.1) is 11.6 Å². The highest BCUT2D eigenvalue weighted by molar-refractivity contribution is 6.04. The van der Waals surface area contributed by atoms with Gasteiger partial charge in [0.1, 0.15) is 11.6 Å². The molecule has 0 fully saturated rings. The van der Waals surface area contributed by atoms with Crippen molar-refractivity contribution in [2.24, 2.45) is 10.2 Å². The summed E-state index contributed by atoms with van der Waals surface area (Å²) in [4.78, 5) is 24.3. The number of amides is 2. The van der Waals surface area contributed by atoms with E-state index in [0.717, 1.165) is 54.5 Å². The van der Waals surface area contributed by atoms with Gasteiger partial charge < -0.3 is 5.32 Å². The molecular formula is C22H19F2N3O2. The molecule has 0 saturated carbocycles. The van der Waals surface area contributed by atoms with Gasteiger partial charge in [0.25, 0.3) is 11.8 Å². The Hall–Kier alpha value is -3.22. The van der Waals surface area contributed by atoms with Crippen molar-refractivity contribution in [2.75, 3.05) is 5.32 Å². The van der Waals surface area contributed by atoms with E-state index in [4.69, 9.17) is 0 Å². The monoisotopic (exact) mass is 395 g/mol. The lowest BCUT2D eigenvalue weighted by atomic mass is 9.84. The van der Waals surface area contributed by atoms with E-state index >= 15 is 0 Å². The molecule has 1 heterocycles. The molecule has 148 valence electrons. The molecule has 1 aliphatic carbocycles. The number of rotatable bonds is 4. The molecule has 1 N–H and O–H groups in total. The van der Waals surface area contributed by atoms with Crippen LogP contribution in [0.5, 0.6) is 0 Å². The quantitative estimate of drug-likeness (QED) is 0.792. The fourth-order valence-electron chi connectivity index (χ4n) is 3.83. The third-order valence-electron chi connectivity index (χ3n) is 5.25. The minimum Gasteiger partial charge on any atom is -0.322 e. The lowest BCUT2D eigenvalue weighted by Gasteiger charge is -2.25. The third-order valence-corrected chi connectivity index (χ3v) is 5.25. The molecule has 0 radical (unpaired) electrons. The number of azo groups is 1. The molecule has 0 aromatic heterocycles. The second-order valence-corrected chi connectivity index (χ2v) is 7.23. The van der Waals surface area contributed by atoms with Gasteiger partial charge in [-0.15, -0.1) is 5.11 Å². The van der Waals surface area contributed by atoms with E-state index in [1.165, 1.54) is 0 Å². The summed E-state index contributed by atoms with van der Waals surface area (Å²) >= 11 is 0. The topological polar surface area (TPSA) is 70.9 Å². The van der Waals surface area contributed by atoms with Crippen LogP contribution >= 0.6 is 0 Å². The van der Waals surface area contributed by atoms with Crippen LogP contribution in [0.25, 0.3) is 0 Å². The molecule has 29 heavy (non-hydrogen) atoms. The smallest absolute Gasteiger partial charge is 0.291 e. The van der Waals surface area contributed by atoms with Crippen LogP contribution in [0.4, 0.5) is 14.5 Å². The van der Waals surface area contributed by atoms with Crippen molar-refractivity contribution in [2.45, 2.75) is 38.1 Å². The van der Waals surface area contributed by atoms with Crippen LogP contribution in [0.15, 0.2) is 63.8 Å². The Morgan fingerprint density at radius 2 is 1.93 bits per heavy atom. The van der Waals surface area contributed by atoms with Crippen LogP contribution in [0.3, 0.4) is 0 Å². The van der Waals surface area contributed by atoms with Crippen molar-refractivity contribution in [3.63, 3.8) is 0 Å². The fraction of sp³-hybridized carbons (Fsp3) is 0.273. The number of carbonyl (C=O) groups is 2. The Kier molecular flexibility index (Phi) is 5.29. The molecule has 1 unspecified atom stereocenters. The van der Waals surface area contributed by atoms with Gasteiger partial charge in [-0.3, -0.25) is 9.59 Å². The standard InChI is InChI=1S/C22H19F2N3O2/c23-14-8-9-18(19(24)12-14)21(28)25-15-5-3-4-13(10-15)11-20-16-6-1-2-7-17(16)22(29)27-26-20/h3-5,8-10,12,20H,1-2,6-7,11H2,(H,25,28). The average molecular weight is 395 g/mol. The van der Waals surface area contributed by atoms with Crippen LogP contribution in [-0.4, -0.2) is 17.9 Å².